The smallest absolute Gasteiger partial charge is 0.242 e. The summed E-state index contributed by atoms with van der Waals surface area (Å²) in [6.07, 6.45) is 3.04. The van der Waals surface area contributed by atoms with Gasteiger partial charge in [0.1, 0.15) is 5.82 Å². The van der Waals surface area contributed by atoms with Crippen molar-refractivity contribution in [3.8, 4) is 0 Å². The van der Waals surface area contributed by atoms with E-state index in [0.29, 0.717) is 18.8 Å². The molecule has 0 aliphatic heterocycles. The monoisotopic (exact) mass is 254 g/mol. The van der Waals surface area contributed by atoms with Crippen LogP contribution in [0, 0.1) is 0 Å². The Labute approximate surface area is 107 Å². The number of hydrogen-bond donors (Lipinski definition) is 2. The molecule has 102 valence electrons. The van der Waals surface area contributed by atoms with Crippen LogP contribution in [-0.4, -0.2) is 35.4 Å². The number of hydrogen-bond acceptors (Lipinski definition) is 4. The van der Waals surface area contributed by atoms with Crippen LogP contribution in [0.1, 0.15) is 32.7 Å². The molecular formula is C12H22N4O2. The third-order valence-corrected chi connectivity index (χ3v) is 2.61. The average Bonchev–Trinajstić information content (AvgIpc) is 2.77. The third-order valence-electron chi connectivity index (χ3n) is 2.61. The Morgan fingerprint density at radius 1 is 1.61 bits per heavy atom. The minimum absolute atomic E-state index is 0.187. The van der Waals surface area contributed by atoms with Crippen molar-refractivity contribution in [1.82, 2.24) is 9.78 Å². The van der Waals surface area contributed by atoms with Gasteiger partial charge in [-0.3, -0.25) is 4.79 Å². The lowest BCUT2D eigenvalue weighted by Gasteiger charge is -2.14. The first-order valence-electron chi connectivity index (χ1n) is 6.15. The number of nitrogens with two attached hydrogens (primary N) is 1. The van der Waals surface area contributed by atoms with Crippen LogP contribution in [0.4, 0.5) is 5.82 Å². The zero-order valence-corrected chi connectivity index (χ0v) is 11.2. The second kappa shape index (κ2) is 7.13. The van der Waals surface area contributed by atoms with Gasteiger partial charge in [-0.25, -0.2) is 4.68 Å². The van der Waals surface area contributed by atoms with Crippen molar-refractivity contribution in [1.29, 1.82) is 0 Å². The van der Waals surface area contributed by atoms with Crippen LogP contribution >= 0.6 is 0 Å². The minimum atomic E-state index is -0.518. The molecule has 1 aromatic rings. The number of ether oxygens (including phenoxy) is 1. The lowest BCUT2D eigenvalue weighted by molar-refractivity contribution is -0.117. The van der Waals surface area contributed by atoms with Crippen molar-refractivity contribution < 1.29 is 9.53 Å². The van der Waals surface area contributed by atoms with Crippen LogP contribution in [0.25, 0.3) is 0 Å². The first kappa shape index (κ1) is 14.7. The Morgan fingerprint density at radius 2 is 2.33 bits per heavy atom. The van der Waals surface area contributed by atoms with E-state index in [0.717, 1.165) is 6.42 Å². The zero-order chi connectivity index (χ0) is 13.5. The fourth-order valence-corrected chi connectivity index (χ4v) is 1.62. The van der Waals surface area contributed by atoms with Crippen molar-refractivity contribution in [2.24, 2.45) is 5.73 Å². The number of anilines is 1. The van der Waals surface area contributed by atoms with Crippen molar-refractivity contribution in [3.05, 3.63) is 12.3 Å². The first-order chi connectivity index (χ1) is 8.56. The largest absolute Gasteiger partial charge is 0.385 e. The molecule has 1 rings (SSSR count). The summed E-state index contributed by atoms with van der Waals surface area (Å²) in [6.45, 7) is 4.62. The molecule has 0 aliphatic rings. The molecule has 0 bridgehead atoms. The number of methoxy groups -OCH3 is 1. The Morgan fingerprint density at radius 3 is 2.94 bits per heavy atom. The normalized spacial score (nSPS) is 12.7. The Kier molecular flexibility index (Phi) is 5.80. The molecule has 0 fully saturated rings. The molecule has 1 atom stereocenters. The average molecular weight is 254 g/mol. The highest BCUT2D eigenvalue weighted by atomic mass is 16.5. The molecule has 1 aromatic heterocycles. The second-order valence-corrected chi connectivity index (χ2v) is 4.49. The summed E-state index contributed by atoms with van der Waals surface area (Å²) in [5, 5.41) is 6.94. The zero-order valence-electron chi connectivity index (χ0n) is 11.2. The minimum Gasteiger partial charge on any atom is -0.385 e. The number of carbonyl (C=O) groups excluding carboxylic acids is 1. The maximum Gasteiger partial charge on any atom is 0.242 e. The Bertz CT molecular complexity index is 376. The molecule has 1 heterocycles. The molecule has 1 amide bonds. The predicted molar refractivity (Wildman–Crippen MR) is 70.3 cm³/mol. The van der Waals surface area contributed by atoms with E-state index >= 15 is 0 Å². The molecule has 0 spiro atoms. The predicted octanol–water partition coefficient (Wildman–Crippen LogP) is 1.16. The van der Waals surface area contributed by atoms with Crippen LogP contribution < -0.4 is 11.1 Å². The summed E-state index contributed by atoms with van der Waals surface area (Å²) in [5.74, 6) is 0.491. The van der Waals surface area contributed by atoms with Crippen LogP contribution in [0.3, 0.4) is 0 Å². The highest BCUT2D eigenvalue weighted by Gasteiger charge is 2.15. The van der Waals surface area contributed by atoms with Crippen LogP contribution in [0.5, 0.6) is 0 Å². The molecule has 0 aliphatic carbocycles. The summed E-state index contributed by atoms with van der Waals surface area (Å²) in [5.41, 5.74) is 5.80. The highest BCUT2D eigenvalue weighted by Crippen LogP contribution is 2.13. The van der Waals surface area contributed by atoms with Gasteiger partial charge in [0.15, 0.2) is 0 Å². The SMILES string of the molecule is COCCCC(N)C(=O)Nc1ccnn1C(C)C. The van der Waals surface area contributed by atoms with Gasteiger partial charge in [0.2, 0.25) is 5.91 Å². The van der Waals surface area contributed by atoms with E-state index in [-0.39, 0.29) is 11.9 Å². The molecule has 0 aromatic carbocycles. The lowest BCUT2D eigenvalue weighted by Crippen LogP contribution is -2.36. The molecule has 0 saturated heterocycles. The van der Waals surface area contributed by atoms with Gasteiger partial charge in [-0.2, -0.15) is 5.10 Å². The van der Waals surface area contributed by atoms with Gasteiger partial charge in [-0.05, 0) is 26.7 Å². The standard InChI is InChI=1S/C12H22N4O2/c1-9(2)16-11(6-7-14-16)15-12(17)10(13)5-4-8-18-3/h6-7,9-10H,4-5,8,13H2,1-3H3,(H,15,17). The van der Waals surface area contributed by atoms with Crippen molar-refractivity contribution in [2.75, 3.05) is 19.0 Å². The van der Waals surface area contributed by atoms with E-state index in [9.17, 15) is 4.79 Å². The number of rotatable bonds is 7. The number of carbonyl (C=O) groups is 1. The fourth-order valence-electron chi connectivity index (χ4n) is 1.62. The molecule has 3 N–H and O–H groups in total. The van der Waals surface area contributed by atoms with Crippen LogP contribution in [-0.2, 0) is 9.53 Å². The summed E-state index contributed by atoms with van der Waals surface area (Å²) in [7, 11) is 1.63. The van der Waals surface area contributed by atoms with Crippen molar-refractivity contribution in [2.45, 2.75) is 38.8 Å². The maximum atomic E-state index is 11.9. The number of aromatic nitrogens is 2. The van der Waals surface area contributed by atoms with Gasteiger partial charge in [0.25, 0.3) is 0 Å². The Hall–Kier alpha value is -1.40. The summed E-state index contributed by atoms with van der Waals surface area (Å²) in [4.78, 5) is 11.9. The van der Waals surface area contributed by atoms with Crippen LogP contribution in [0.15, 0.2) is 12.3 Å². The maximum absolute atomic E-state index is 11.9. The van der Waals surface area contributed by atoms with Gasteiger partial charge in [-0.15, -0.1) is 0 Å². The number of amides is 1. The van der Waals surface area contributed by atoms with Crippen molar-refractivity contribution >= 4 is 11.7 Å². The molecule has 0 saturated carbocycles. The van der Waals surface area contributed by atoms with E-state index in [4.69, 9.17) is 10.5 Å². The molecule has 6 heteroatoms. The van der Waals surface area contributed by atoms with E-state index in [1.807, 2.05) is 13.8 Å². The van der Waals surface area contributed by atoms with E-state index < -0.39 is 6.04 Å². The first-order valence-corrected chi connectivity index (χ1v) is 6.15. The Balaban J connectivity index is 2.50. The molecule has 6 nitrogen and oxygen atoms in total. The van der Waals surface area contributed by atoms with Gasteiger partial charge >= 0.3 is 0 Å². The second-order valence-electron chi connectivity index (χ2n) is 4.49. The fraction of sp³-hybridized carbons (Fsp3) is 0.667. The van der Waals surface area contributed by atoms with Gasteiger partial charge in [-0.1, -0.05) is 0 Å². The van der Waals surface area contributed by atoms with Gasteiger partial charge in [0.05, 0.1) is 12.2 Å². The topological polar surface area (TPSA) is 82.2 Å². The van der Waals surface area contributed by atoms with Gasteiger partial charge < -0.3 is 15.8 Å². The van der Waals surface area contributed by atoms with E-state index in [1.165, 1.54) is 0 Å². The quantitative estimate of drug-likeness (QED) is 0.715. The van der Waals surface area contributed by atoms with Crippen LogP contribution in [0.2, 0.25) is 0 Å². The summed E-state index contributed by atoms with van der Waals surface area (Å²) in [6, 6.07) is 1.44. The molecule has 18 heavy (non-hydrogen) atoms. The molecule has 1 unspecified atom stereocenters. The van der Waals surface area contributed by atoms with Crippen molar-refractivity contribution in [3.63, 3.8) is 0 Å². The van der Waals surface area contributed by atoms with Gasteiger partial charge in [0, 0.05) is 25.8 Å². The molecular weight excluding hydrogens is 232 g/mol. The number of nitrogens with zero attached hydrogens (tertiary/aromatic N) is 2. The lowest BCUT2D eigenvalue weighted by atomic mass is 10.1. The highest BCUT2D eigenvalue weighted by molar-refractivity contribution is 5.93. The van der Waals surface area contributed by atoms with E-state index in [1.54, 1.807) is 24.1 Å². The van der Waals surface area contributed by atoms with E-state index in [2.05, 4.69) is 10.4 Å². The molecule has 0 radical (unpaired) electrons. The number of nitrogens with one attached hydrogen (secondary N) is 1. The summed E-state index contributed by atoms with van der Waals surface area (Å²) >= 11 is 0. The summed E-state index contributed by atoms with van der Waals surface area (Å²) < 4.78 is 6.68. The third kappa shape index (κ3) is 4.12.